The summed E-state index contributed by atoms with van der Waals surface area (Å²) in [5.74, 6) is 0.948. The van der Waals surface area contributed by atoms with Crippen molar-refractivity contribution >= 4 is 0 Å². The van der Waals surface area contributed by atoms with E-state index >= 15 is 0 Å². The van der Waals surface area contributed by atoms with Crippen molar-refractivity contribution in [3.63, 3.8) is 0 Å². The summed E-state index contributed by atoms with van der Waals surface area (Å²) in [6.07, 6.45) is 7.23. The van der Waals surface area contributed by atoms with E-state index < -0.39 is 0 Å². The Balaban J connectivity index is 2.41. The molecule has 2 nitrogen and oxygen atoms in total. The van der Waals surface area contributed by atoms with Gasteiger partial charge in [-0.2, -0.15) is 4.57 Å². The van der Waals surface area contributed by atoms with Crippen LogP contribution in [0.4, 0.5) is 0 Å². The predicted octanol–water partition coefficient (Wildman–Crippen LogP) is 2.56. The first kappa shape index (κ1) is 11.0. The molecule has 1 aromatic heterocycles. The van der Waals surface area contributed by atoms with Gasteiger partial charge in [0, 0.05) is 12.5 Å². The first-order chi connectivity index (χ1) is 6.88. The van der Waals surface area contributed by atoms with Gasteiger partial charge >= 0.3 is 5.88 Å². The van der Waals surface area contributed by atoms with Crippen LogP contribution in [-0.2, 0) is 6.54 Å². The third kappa shape index (κ3) is 3.36. The van der Waals surface area contributed by atoms with Crippen LogP contribution in [0.2, 0.25) is 0 Å². The van der Waals surface area contributed by atoms with Crippen molar-refractivity contribution in [1.82, 2.24) is 0 Å². The zero-order valence-electron chi connectivity index (χ0n) is 9.20. The van der Waals surface area contributed by atoms with Crippen LogP contribution in [0.3, 0.4) is 0 Å². The number of methoxy groups -OCH3 is 1. The Morgan fingerprint density at radius 3 is 2.79 bits per heavy atom. The number of ether oxygens (including phenoxy) is 1. The van der Waals surface area contributed by atoms with E-state index in [1.807, 2.05) is 18.2 Å². The van der Waals surface area contributed by atoms with Gasteiger partial charge in [0.15, 0.2) is 12.7 Å². The minimum atomic E-state index is 0.948. The summed E-state index contributed by atoms with van der Waals surface area (Å²) < 4.78 is 7.43. The molecular weight excluding hydrogens is 174 g/mol. The summed E-state index contributed by atoms with van der Waals surface area (Å²) in [4.78, 5) is 0. The molecule has 0 saturated heterocycles. The van der Waals surface area contributed by atoms with Gasteiger partial charge in [-0.15, -0.1) is 0 Å². The normalized spacial score (nSPS) is 10.1. The molecule has 1 rings (SSSR count). The van der Waals surface area contributed by atoms with Crippen molar-refractivity contribution in [1.29, 1.82) is 0 Å². The molecule has 14 heavy (non-hydrogen) atoms. The summed E-state index contributed by atoms with van der Waals surface area (Å²) >= 11 is 0. The number of aryl methyl sites for hydroxylation is 1. The molecule has 0 bridgehead atoms. The number of rotatable bonds is 6. The van der Waals surface area contributed by atoms with Gasteiger partial charge < -0.3 is 4.74 Å². The fraction of sp³-hybridized carbons (Fsp3) is 0.583. The fourth-order valence-electron chi connectivity index (χ4n) is 1.54. The fourth-order valence-corrected chi connectivity index (χ4v) is 1.54. The van der Waals surface area contributed by atoms with Crippen LogP contribution in [0.25, 0.3) is 0 Å². The van der Waals surface area contributed by atoms with Crippen LogP contribution in [0.15, 0.2) is 24.4 Å². The number of nitrogens with zero attached hydrogens (tertiary/aromatic N) is 1. The van der Waals surface area contributed by atoms with Crippen molar-refractivity contribution in [2.75, 3.05) is 7.11 Å². The SMILES string of the molecule is CCCCCC[n+]1ccccc1OC. The van der Waals surface area contributed by atoms with Crippen LogP contribution in [0.5, 0.6) is 5.88 Å². The molecular formula is C12H20NO+. The molecule has 0 radical (unpaired) electrons. The first-order valence-corrected chi connectivity index (χ1v) is 5.41. The third-order valence-corrected chi connectivity index (χ3v) is 2.36. The largest absolute Gasteiger partial charge is 0.448 e. The molecule has 0 N–H and O–H groups in total. The van der Waals surface area contributed by atoms with Crippen molar-refractivity contribution < 1.29 is 9.30 Å². The molecule has 0 aliphatic rings. The van der Waals surface area contributed by atoms with Crippen LogP contribution in [0, 0.1) is 0 Å². The second-order valence-corrected chi connectivity index (χ2v) is 3.50. The molecule has 2 heteroatoms. The van der Waals surface area contributed by atoms with E-state index in [0.29, 0.717) is 0 Å². The number of hydrogen-bond donors (Lipinski definition) is 0. The number of aromatic nitrogens is 1. The van der Waals surface area contributed by atoms with Crippen molar-refractivity contribution in [3.8, 4) is 5.88 Å². The molecule has 0 aromatic carbocycles. The summed E-state index contributed by atoms with van der Waals surface area (Å²) in [5.41, 5.74) is 0. The average Bonchev–Trinajstić information content (AvgIpc) is 2.25. The highest BCUT2D eigenvalue weighted by Crippen LogP contribution is 2.03. The van der Waals surface area contributed by atoms with Gasteiger partial charge in [0.1, 0.15) is 0 Å². The summed E-state index contributed by atoms with van der Waals surface area (Å²) in [6, 6.07) is 6.05. The maximum absolute atomic E-state index is 5.27. The van der Waals surface area contributed by atoms with E-state index in [-0.39, 0.29) is 0 Å². The third-order valence-electron chi connectivity index (χ3n) is 2.36. The Kier molecular flexibility index (Phi) is 5.05. The van der Waals surface area contributed by atoms with Gasteiger partial charge in [-0.1, -0.05) is 19.8 Å². The number of pyridine rings is 1. The zero-order chi connectivity index (χ0) is 10.2. The minimum Gasteiger partial charge on any atom is -0.448 e. The maximum atomic E-state index is 5.27. The summed E-state index contributed by atoms with van der Waals surface area (Å²) in [6.45, 7) is 3.29. The molecule has 0 aliphatic heterocycles. The standard InChI is InChI=1S/C12H20NO/c1-3-4-5-7-10-13-11-8-6-9-12(13)14-2/h6,8-9,11H,3-5,7,10H2,1-2H3/q+1. The average molecular weight is 194 g/mol. The predicted molar refractivity (Wildman–Crippen MR) is 57.3 cm³/mol. The zero-order valence-corrected chi connectivity index (χ0v) is 9.20. The van der Waals surface area contributed by atoms with Gasteiger partial charge in [0.2, 0.25) is 0 Å². The second-order valence-electron chi connectivity index (χ2n) is 3.50. The first-order valence-electron chi connectivity index (χ1n) is 5.41. The smallest absolute Gasteiger partial charge is 0.367 e. The van der Waals surface area contributed by atoms with Gasteiger partial charge in [0.05, 0.1) is 13.2 Å². The Bertz CT molecular complexity index is 260. The van der Waals surface area contributed by atoms with E-state index in [2.05, 4.69) is 17.7 Å². The summed E-state index contributed by atoms with van der Waals surface area (Å²) in [5, 5.41) is 0. The van der Waals surface area contributed by atoms with E-state index in [1.165, 1.54) is 25.7 Å². The molecule has 1 aromatic rings. The lowest BCUT2D eigenvalue weighted by atomic mass is 10.2. The Morgan fingerprint density at radius 2 is 2.07 bits per heavy atom. The Labute approximate surface area is 86.5 Å². The van der Waals surface area contributed by atoms with Gasteiger partial charge in [-0.05, 0) is 12.5 Å². The number of unbranched alkanes of at least 4 members (excludes halogenated alkanes) is 3. The summed E-state index contributed by atoms with van der Waals surface area (Å²) in [7, 11) is 1.72. The monoisotopic (exact) mass is 194 g/mol. The molecule has 0 spiro atoms. The minimum absolute atomic E-state index is 0.948. The van der Waals surface area contributed by atoms with Crippen molar-refractivity contribution in [2.45, 2.75) is 39.2 Å². The van der Waals surface area contributed by atoms with Crippen molar-refractivity contribution in [2.24, 2.45) is 0 Å². The lowest BCUT2D eigenvalue weighted by molar-refractivity contribution is -0.701. The molecule has 78 valence electrons. The second kappa shape index (κ2) is 6.41. The van der Waals surface area contributed by atoms with Crippen molar-refractivity contribution in [3.05, 3.63) is 24.4 Å². The lowest BCUT2D eigenvalue weighted by Crippen LogP contribution is -2.34. The quantitative estimate of drug-likeness (QED) is 0.501. The van der Waals surface area contributed by atoms with E-state index in [4.69, 9.17) is 4.74 Å². The number of hydrogen-bond acceptors (Lipinski definition) is 1. The van der Waals surface area contributed by atoms with Crippen LogP contribution < -0.4 is 9.30 Å². The highest BCUT2D eigenvalue weighted by molar-refractivity contribution is 5.01. The molecule has 0 saturated carbocycles. The topological polar surface area (TPSA) is 13.1 Å². The van der Waals surface area contributed by atoms with Gasteiger partial charge in [0.25, 0.3) is 0 Å². The van der Waals surface area contributed by atoms with Crippen LogP contribution >= 0.6 is 0 Å². The molecule has 0 amide bonds. The maximum Gasteiger partial charge on any atom is 0.367 e. The molecule has 0 atom stereocenters. The van der Waals surface area contributed by atoms with Gasteiger partial charge in [-0.25, -0.2) is 0 Å². The van der Waals surface area contributed by atoms with E-state index in [9.17, 15) is 0 Å². The molecule has 1 heterocycles. The molecule has 0 fully saturated rings. The van der Waals surface area contributed by atoms with E-state index in [0.717, 1.165) is 12.4 Å². The van der Waals surface area contributed by atoms with Crippen LogP contribution in [-0.4, -0.2) is 7.11 Å². The highest BCUT2D eigenvalue weighted by Gasteiger charge is 2.07. The molecule has 0 unspecified atom stereocenters. The van der Waals surface area contributed by atoms with E-state index in [1.54, 1.807) is 7.11 Å². The van der Waals surface area contributed by atoms with Crippen LogP contribution in [0.1, 0.15) is 32.6 Å². The molecule has 0 aliphatic carbocycles. The Morgan fingerprint density at radius 1 is 1.21 bits per heavy atom. The Hall–Kier alpha value is -1.05. The lowest BCUT2D eigenvalue weighted by Gasteiger charge is -2.01. The van der Waals surface area contributed by atoms with Gasteiger partial charge in [-0.3, -0.25) is 0 Å². The highest BCUT2D eigenvalue weighted by atomic mass is 16.5.